The summed E-state index contributed by atoms with van der Waals surface area (Å²) in [7, 11) is 0. The number of fused-ring (bicyclic) bond motifs is 3. The zero-order chi connectivity index (χ0) is 9.54. The average molecular weight is 287 g/mol. The predicted octanol–water partition coefficient (Wildman–Crippen LogP) is 3.06. The number of hydrogen-bond acceptors (Lipinski definition) is 2. The van der Waals surface area contributed by atoms with E-state index in [1.807, 2.05) is 23.1 Å². The van der Waals surface area contributed by atoms with Crippen LogP contribution in [0.25, 0.3) is 10.2 Å². The minimum Gasteiger partial charge on any atom is -0.175 e. The molecule has 2 heterocycles. The Labute approximate surface area is 99.3 Å². The summed E-state index contributed by atoms with van der Waals surface area (Å²) >= 11 is 7.46. The summed E-state index contributed by atoms with van der Waals surface area (Å²) in [5, 5.41) is 1.80. The first-order chi connectivity index (χ1) is 6.88. The monoisotopic (exact) mass is 286 g/mol. The van der Waals surface area contributed by atoms with E-state index < -0.39 is 0 Å². The molecule has 1 unspecified atom stereocenters. The van der Waals surface area contributed by atoms with Gasteiger partial charge in [0.25, 0.3) is 4.34 Å². The highest BCUT2D eigenvalue weighted by atomic mass is 79.9. The highest BCUT2D eigenvalue weighted by Crippen LogP contribution is 2.35. The van der Waals surface area contributed by atoms with Crippen molar-refractivity contribution in [2.75, 3.05) is 5.33 Å². The van der Waals surface area contributed by atoms with Gasteiger partial charge in [-0.25, -0.2) is 0 Å². The molecule has 0 fully saturated rings. The lowest BCUT2D eigenvalue weighted by molar-refractivity contribution is -0.694. The van der Waals surface area contributed by atoms with Gasteiger partial charge in [-0.05, 0) is 17.8 Å². The molecule has 1 nitrogen and oxygen atoms in total. The minimum atomic E-state index is 0.714. The van der Waals surface area contributed by atoms with Crippen LogP contribution in [0.5, 0.6) is 0 Å². The van der Waals surface area contributed by atoms with Crippen LogP contribution in [-0.4, -0.2) is 10.6 Å². The molecule has 1 aliphatic heterocycles. The van der Waals surface area contributed by atoms with E-state index >= 15 is 0 Å². The molecule has 0 N–H and O–H groups in total. The summed E-state index contributed by atoms with van der Waals surface area (Å²) in [5.74, 6) is 0. The van der Waals surface area contributed by atoms with Gasteiger partial charge < -0.3 is 0 Å². The van der Waals surface area contributed by atoms with Crippen LogP contribution < -0.4 is 4.57 Å². The average Bonchev–Trinajstić information content (AvgIpc) is 2.73. The summed E-state index contributed by atoms with van der Waals surface area (Å²) < 4.78 is 5.30. The highest BCUT2D eigenvalue weighted by Gasteiger charge is 2.33. The molecule has 0 amide bonds. The fourth-order valence-corrected chi connectivity index (χ4v) is 4.98. The molecule has 0 spiro atoms. The molecule has 3 rings (SSSR count). The molecule has 4 heteroatoms. The number of nitrogens with zero attached hydrogens (tertiary/aromatic N) is 1. The lowest BCUT2D eigenvalue weighted by Gasteiger charge is -1.95. The number of para-hydroxylation sites is 1. The second-order valence-corrected chi connectivity index (χ2v) is 6.57. The van der Waals surface area contributed by atoms with Crippen LogP contribution in [0.15, 0.2) is 28.6 Å². The maximum atomic E-state index is 3.55. The summed E-state index contributed by atoms with van der Waals surface area (Å²) in [5.41, 5.74) is 1.39. The zero-order valence-electron chi connectivity index (χ0n) is 7.44. The van der Waals surface area contributed by atoms with Gasteiger partial charge in [-0.1, -0.05) is 39.4 Å². The van der Waals surface area contributed by atoms with Crippen molar-refractivity contribution in [3.05, 3.63) is 24.3 Å². The summed E-state index contributed by atoms with van der Waals surface area (Å²) in [4.78, 5) is 0. The number of aromatic nitrogens is 1. The van der Waals surface area contributed by atoms with Crippen LogP contribution in [0.4, 0.5) is 0 Å². The number of thioether (sulfide) groups is 1. The number of hydrogen-bond donors (Lipinski definition) is 0. The third-order valence-electron chi connectivity index (χ3n) is 2.40. The van der Waals surface area contributed by atoms with E-state index in [-0.39, 0.29) is 0 Å². The Hall–Kier alpha value is -0.0600. The van der Waals surface area contributed by atoms with Crippen molar-refractivity contribution in [3.63, 3.8) is 0 Å². The van der Waals surface area contributed by atoms with E-state index in [0.29, 0.717) is 5.25 Å². The van der Waals surface area contributed by atoms with Crippen molar-refractivity contribution < 1.29 is 4.57 Å². The van der Waals surface area contributed by atoms with E-state index in [1.54, 1.807) is 0 Å². The number of rotatable bonds is 1. The first-order valence-electron chi connectivity index (χ1n) is 4.52. The molecule has 0 aliphatic carbocycles. The van der Waals surface area contributed by atoms with Gasteiger partial charge >= 0.3 is 0 Å². The molecule has 1 aromatic heterocycles. The van der Waals surface area contributed by atoms with E-state index in [0.717, 1.165) is 11.9 Å². The molecule has 72 valence electrons. The van der Waals surface area contributed by atoms with Crippen LogP contribution >= 0.6 is 39.0 Å². The molecule has 1 aliphatic rings. The van der Waals surface area contributed by atoms with Gasteiger partial charge in [0.05, 0.1) is 5.25 Å². The van der Waals surface area contributed by atoms with Gasteiger partial charge in [-0.3, -0.25) is 0 Å². The van der Waals surface area contributed by atoms with Crippen molar-refractivity contribution >= 4 is 49.2 Å². The van der Waals surface area contributed by atoms with Crippen LogP contribution in [0, 0.1) is 0 Å². The molecule has 2 aromatic rings. The van der Waals surface area contributed by atoms with Gasteiger partial charge in [0.2, 0.25) is 5.52 Å². The molecule has 0 bridgehead atoms. The van der Waals surface area contributed by atoms with E-state index in [2.05, 4.69) is 44.8 Å². The molecule has 0 saturated carbocycles. The third kappa shape index (κ3) is 1.32. The SMILES string of the molecule is BrCC1C[n+]2c(sc3ccccc32)S1. The van der Waals surface area contributed by atoms with Crippen molar-refractivity contribution in [1.82, 2.24) is 0 Å². The molecule has 14 heavy (non-hydrogen) atoms. The maximum Gasteiger partial charge on any atom is 0.298 e. The molecular formula is C10H9BrNS2+. The Morgan fingerprint density at radius 1 is 1.43 bits per heavy atom. The summed E-state index contributed by atoms with van der Waals surface area (Å²) in [6, 6.07) is 8.65. The Bertz CT molecular complexity index is 480. The summed E-state index contributed by atoms with van der Waals surface area (Å²) in [6.07, 6.45) is 0. The van der Waals surface area contributed by atoms with Gasteiger partial charge in [-0.2, -0.15) is 4.57 Å². The van der Waals surface area contributed by atoms with Crippen LogP contribution in [-0.2, 0) is 6.54 Å². The van der Waals surface area contributed by atoms with Crippen molar-refractivity contribution in [1.29, 1.82) is 0 Å². The Morgan fingerprint density at radius 3 is 3.14 bits per heavy atom. The minimum absolute atomic E-state index is 0.714. The second-order valence-electron chi connectivity index (χ2n) is 3.34. The quantitative estimate of drug-likeness (QED) is 0.576. The number of benzene rings is 1. The van der Waals surface area contributed by atoms with E-state index in [4.69, 9.17) is 0 Å². The lowest BCUT2D eigenvalue weighted by Crippen LogP contribution is -2.33. The fourth-order valence-electron chi connectivity index (χ4n) is 1.74. The largest absolute Gasteiger partial charge is 0.298 e. The van der Waals surface area contributed by atoms with Crippen LogP contribution in [0.2, 0.25) is 0 Å². The molecule has 0 radical (unpaired) electrons. The summed E-state index contributed by atoms with van der Waals surface area (Å²) in [6.45, 7) is 1.15. The first kappa shape index (κ1) is 9.19. The number of alkyl halides is 1. The standard InChI is InChI=1S/C10H9BrNS2/c11-5-7-6-12-8-3-1-2-4-9(8)14-10(12)13-7/h1-4,7H,5-6H2/q+1. The van der Waals surface area contributed by atoms with Crippen molar-refractivity contribution in [2.24, 2.45) is 0 Å². The van der Waals surface area contributed by atoms with Gasteiger partial charge in [0.15, 0.2) is 6.54 Å². The lowest BCUT2D eigenvalue weighted by atomic mass is 10.3. The Balaban J connectivity index is 2.16. The van der Waals surface area contributed by atoms with Crippen LogP contribution in [0.3, 0.4) is 0 Å². The predicted molar refractivity (Wildman–Crippen MR) is 65.5 cm³/mol. The van der Waals surface area contributed by atoms with Crippen molar-refractivity contribution in [3.8, 4) is 0 Å². The highest BCUT2D eigenvalue weighted by molar-refractivity contribution is 9.09. The van der Waals surface area contributed by atoms with Gasteiger partial charge in [-0.15, -0.1) is 0 Å². The number of thiazole rings is 1. The topological polar surface area (TPSA) is 3.88 Å². The second kappa shape index (κ2) is 3.51. The Kier molecular flexibility index (Phi) is 2.30. The molecule has 0 saturated heterocycles. The van der Waals surface area contributed by atoms with E-state index in [9.17, 15) is 0 Å². The first-order valence-corrected chi connectivity index (χ1v) is 7.34. The fraction of sp³-hybridized carbons (Fsp3) is 0.300. The van der Waals surface area contributed by atoms with E-state index in [1.165, 1.54) is 14.6 Å². The maximum absolute atomic E-state index is 3.55. The Morgan fingerprint density at radius 2 is 2.29 bits per heavy atom. The molecule has 1 aromatic carbocycles. The molecule has 1 atom stereocenters. The molecular weight excluding hydrogens is 278 g/mol. The normalized spacial score (nSPS) is 20.2. The van der Waals surface area contributed by atoms with Crippen LogP contribution in [0.1, 0.15) is 0 Å². The van der Waals surface area contributed by atoms with Gasteiger partial charge in [0.1, 0.15) is 4.70 Å². The number of halogens is 1. The smallest absolute Gasteiger partial charge is 0.175 e. The zero-order valence-corrected chi connectivity index (χ0v) is 10.7. The van der Waals surface area contributed by atoms with Crippen molar-refractivity contribution in [2.45, 2.75) is 16.1 Å². The third-order valence-corrected chi connectivity index (χ3v) is 6.18. The van der Waals surface area contributed by atoms with Gasteiger partial charge in [0, 0.05) is 11.4 Å².